The standard InChI is InChI=1S/C16H16ClNO3S/c1-21-16(20)15(11-4-2-3-5-12(11)17)18-7-6-13-10(9-18)8-14(19)22-13/h2-5,8,13,15H,6-7,9H2,1H3/t13-,15+/m1/s1. The molecule has 0 bridgehead atoms. The maximum absolute atomic E-state index is 12.3. The molecule has 2 atom stereocenters. The zero-order valence-electron chi connectivity index (χ0n) is 12.1. The summed E-state index contributed by atoms with van der Waals surface area (Å²) in [6.07, 6.45) is 2.54. The van der Waals surface area contributed by atoms with Crippen LogP contribution in [0, 0.1) is 0 Å². The van der Waals surface area contributed by atoms with Crippen molar-refractivity contribution in [2.45, 2.75) is 17.7 Å². The van der Waals surface area contributed by atoms with Gasteiger partial charge in [-0.15, -0.1) is 0 Å². The van der Waals surface area contributed by atoms with Gasteiger partial charge in [0.1, 0.15) is 6.04 Å². The highest BCUT2D eigenvalue weighted by atomic mass is 35.5. The number of likely N-dealkylation sites (tertiary alicyclic amines) is 1. The lowest BCUT2D eigenvalue weighted by atomic mass is 9.98. The number of methoxy groups -OCH3 is 1. The van der Waals surface area contributed by atoms with Crippen molar-refractivity contribution in [3.05, 3.63) is 46.5 Å². The van der Waals surface area contributed by atoms with Crippen LogP contribution in [-0.4, -0.2) is 41.4 Å². The van der Waals surface area contributed by atoms with Crippen molar-refractivity contribution in [2.24, 2.45) is 0 Å². The van der Waals surface area contributed by atoms with Crippen LogP contribution in [0.3, 0.4) is 0 Å². The molecule has 22 heavy (non-hydrogen) atoms. The largest absolute Gasteiger partial charge is 0.468 e. The molecule has 2 aliphatic rings. The van der Waals surface area contributed by atoms with E-state index in [1.807, 2.05) is 23.1 Å². The molecule has 0 unspecified atom stereocenters. The Morgan fingerprint density at radius 1 is 1.45 bits per heavy atom. The fourth-order valence-electron chi connectivity index (χ4n) is 2.98. The third-order valence-corrected chi connectivity index (χ3v) is 5.55. The number of fused-ring (bicyclic) bond motifs is 1. The lowest BCUT2D eigenvalue weighted by Gasteiger charge is -2.36. The van der Waals surface area contributed by atoms with E-state index in [-0.39, 0.29) is 16.3 Å². The van der Waals surface area contributed by atoms with Gasteiger partial charge in [-0.3, -0.25) is 9.69 Å². The molecule has 0 saturated carbocycles. The van der Waals surface area contributed by atoms with E-state index in [2.05, 4.69) is 0 Å². The Kier molecular flexibility index (Phi) is 4.57. The van der Waals surface area contributed by atoms with Crippen molar-refractivity contribution >= 4 is 34.4 Å². The summed E-state index contributed by atoms with van der Waals surface area (Å²) in [5, 5.41) is 0.911. The first-order valence-corrected chi connectivity index (χ1v) is 8.33. The molecular weight excluding hydrogens is 322 g/mol. The first kappa shape index (κ1) is 15.6. The number of hydrogen-bond donors (Lipinski definition) is 0. The van der Waals surface area contributed by atoms with E-state index in [0.29, 0.717) is 11.6 Å². The van der Waals surface area contributed by atoms with Crippen LogP contribution in [0.1, 0.15) is 18.0 Å². The smallest absolute Gasteiger partial charge is 0.327 e. The van der Waals surface area contributed by atoms with Crippen LogP contribution in [0.25, 0.3) is 0 Å². The molecule has 6 heteroatoms. The molecule has 1 fully saturated rings. The normalized spacial score (nSPS) is 22.9. The van der Waals surface area contributed by atoms with Gasteiger partial charge in [-0.25, -0.2) is 4.79 Å². The number of benzene rings is 1. The zero-order chi connectivity index (χ0) is 15.7. The van der Waals surface area contributed by atoms with E-state index in [1.165, 1.54) is 18.9 Å². The first-order valence-electron chi connectivity index (χ1n) is 7.07. The van der Waals surface area contributed by atoms with E-state index in [0.717, 1.165) is 24.1 Å². The molecule has 0 amide bonds. The second-order valence-corrected chi connectivity index (χ2v) is 6.97. The summed E-state index contributed by atoms with van der Waals surface area (Å²) in [6, 6.07) is 6.77. The monoisotopic (exact) mass is 337 g/mol. The van der Waals surface area contributed by atoms with Gasteiger partial charge < -0.3 is 4.74 Å². The lowest BCUT2D eigenvalue weighted by molar-refractivity contribution is -0.147. The van der Waals surface area contributed by atoms with Crippen LogP contribution >= 0.6 is 23.4 Å². The highest BCUT2D eigenvalue weighted by Gasteiger charge is 2.37. The quantitative estimate of drug-likeness (QED) is 0.794. The molecule has 0 aromatic heterocycles. The van der Waals surface area contributed by atoms with E-state index in [9.17, 15) is 9.59 Å². The van der Waals surface area contributed by atoms with E-state index >= 15 is 0 Å². The molecule has 0 spiro atoms. The number of carbonyl (C=O) groups excluding carboxylic acids is 2. The number of ether oxygens (including phenoxy) is 1. The Morgan fingerprint density at radius 2 is 2.23 bits per heavy atom. The Hall–Kier alpha value is -1.30. The molecule has 0 radical (unpaired) electrons. The van der Waals surface area contributed by atoms with Gasteiger partial charge in [-0.1, -0.05) is 41.6 Å². The molecule has 1 aromatic carbocycles. The van der Waals surface area contributed by atoms with Gasteiger partial charge in [0.15, 0.2) is 0 Å². The molecule has 0 N–H and O–H groups in total. The van der Waals surface area contributed by atoms with Crippen LogP contribution in [0.4, 0.5) is 0 Å². The Morgan fingerprint density at radius 3 is 2.95 bits per heavy atom. The van der Waals surface area contributed by atoms with E-state index in [4.69, 9.17) is 16.3 Å². The van der Waals surface area contributed by atoms with Crippen LogP contribution in [0.15, 0.2) is 35.9 Å². The highest BCUT2D eigenvalue weighted by molar-refractivity contribution is 8.15. The topological polar surface area (TPSA) is 46.6 Å². The average Bonchev–Trinajstić information content (AvgIpc) is 2.88. The summed E-state index contributed by atoms with van der Waals surface area (Å²) in [5.41, 5.74) is 1.83. The number of nitrogens with zero attached hydrogens (tertiary/aromatic N) is 1. The molecule has 4 nitrogen and oxygen atoms in total. The third-order valence-electron chi connectivity index (χ3n) is 4.03. The average molecular weight is 338 g/mol. The van der Waals surface area contributed by atoms with E-state index < -0.39 is 6.04 Å². The van der Waals surface area contributed by atoms with E-state index in [1.54, 1.807) is 12.1 Å². The minimum Gasteiger partial charge on any atom is -0.468 e. The molecule has 1 saturated heterocycles. The maximum Gasteiger partial charge on any atom is 0.327 e. The maximum atomic E-state index is 12.3. The minimum absolute atomic E-state index is 0.106. The van der Waals surface area contributed by atoms with Crippen molar-refractivity contribution < 1.29 is 14.3 Å². The van der Waals surface area contributed by atoms with Crippen molar-refractivity contribution in [1.29, 1.82) is 0 Å². The fourth-order valence-corrected chi connectivity index (χ4v) is 4.24. The number of halogens is 1. The predicted molar refractivity (Wildman–Crippen MR) is 86.9 cm³/mol. The summed E-state index contributed by atoms with van der Waals surface area (Å²) in [4.78, 5) is 25.9. The Labute approximate surface area is 138 Å². The zero-order valence-corrected chi connectivity index (χ0v) is 13.7. The minimum atomic E-state index is -0.541. The van der Waals surface area contributed by atoms with Gasteiger partial charge >= 0.3 is 5.97 Å². The Balaban J connectivity index is 1.91. The van der Waals surface area contributed by atoms with Gasteiger partial charge in [0.05, 0.1) is 7.11 Å². The van der Waals surface area contributed by atoms with Crippen molar-refractivity contribution in [3.63, 3.8) is 0 Å². The summed E-state index contributed by atoms with van der Waals surface area (Å²) in [7, 11) is 1.38. The second kappa shape index (κ2) is 6.44. The van der Waals surface area contributed by atoms with Crippen molar-refractivity contribution in [2.75, 3.05) is 20.2 Å². The SMILES string of the molecule is COC(=O)[C@H](c1ccccc1Cl)N1CC[C@H]2SC(=O)C=C2C1. The fraction of sp³-hybridized carbons (Fsp3) is 0.375. The molecule has 3 rings (SSSR count). The number of piperidine rings is 1. The first-order chi connectivity index (χ1) is 10.6. The second-order valence-electron chi connectivity index (χ2n) is 5.35. The van der Waals surface area contributed by atoms with Gasteiger partial charge in [-0.2, -0.15) is 0 Å². The number of carbonyl (C=O) groups is 2. The van der Waals surface area contributed by atoms with Crippen LogP contribution in [0.5, 0.6) is 0 Å². The number of hydrogen-bond acceptors (Lipinski definition) is 5. The molecule has 1 aromatic rings. The number of thioether (sulfide) groups is 1. The summed E-state index contributed by atoms with van der Waals surface area (Å²) < 4.78 is 4.98. The summed E-state index contributed by atoms with van der Waals surface area (Å²) in [5.74, 6) is -0.330. The highest BCUT2D eigenvalue weighted by Crippen LogP contribution is 2.38. The molecule has 0 aliphatic carbocycles. The molecule has 2 aliphatic heterocycles. The van der Waals surface area contributed by atoms with Gasteiger partial charge in [0, 0.05) is 23.4 Å². The lowest BCUT2D eigenvalue weighted by Crippen LogP contribution is -2.42. The van der Waals surface area contributed by atoms with Gasteiger partial charge in [0.2, 0.25) is 5.12 Å². The third kappa shape index (κ3) is 2.93. The summed E-state index contributed by atoms with van der Waals surface area (Å²) >= 11 is 7.64. The van der Waals surface area contributed by atoms with Gasteiger partial charge in [-0.05, 0) is 29.7 Å². The van der Waals surface area contributed by atoms with Crippen LogP contribution < -0.4 is 0 Å². The molecule has 2 heterocycles. The van der Waals surface area contributed by atoms with Crippen LogP contribution in [0.2, 0.25) is 5.02 Å². The number of rotatable bonds is 3. The molecule has 116 valence electrons. The summed E-state index contributed by atoms with van der Waals surface area (Å²) in [6.45, 7) is 1.32. The Bertz CT molecular complexity index is 646. The van der Waals surface area contributed by atoms with Gasteiger partial charge in [0.25, 0.3) is 0 Å². The predicted octanol–water partition coefficient (Wildman–Crippen LogP) is 2.83. The number of esters is 1. The van der Waals surface area contributed by atoms with Crippen molar-refractivity contribution in [1.82, 2.24) is 4.90 Å². The van der Waals surface area contributed by atoms with Crippen molar-refractivity contribution in [3.8, 4) is 0 Å². The molecular formula is C16H16ClNO3S. The van der Waals surface area contributed by atoms with Crippen LogP contribution in [-0.2, 0) is 14.3 Å².